The fourth-order valence-corrected chi connectivity index (χ4v) is 2.38. The second-order valence-electron chi connectivity index (χ2n) is 6.17. The highest BCUT2D eigenvalue weighted by Gasteiger charge is 2.09. The van der Waals surface area contributed by atoms with Crippen molar-refractivity contribution < 1.29 is 14.0 Å². The number of carbonyl (C=O) groups excluding carboxylic acids is 2. The van der Waals surface area contributed by atoms with E-state index in [9.17, 15) is 9.59 Å². The summed E-state index contributed by atoms with van der Waals surface area (Å²) in [5.74, 6) is 1.71. The van der Waals surface area contributed by atoms with E-state index in [0.717, 1.165) is 5.56 Å². The standard InChI is InChI=1S/C19H25N3O3/c1-14(2)15-4-6-16(7-5-15)17-12-22-19(25-17)9-8-18(24)21-11-3-10-20-13-23/h4-7,12-14H,3,8-11H2,1-2H3,(H,20,23)(H,21,24). The number of amides is 2. The Morgan fingerprint density at radius 1 is 1.24 bits per heavy atom. The molecule has 25 heavy (non-hydrogen) atoms. The number of aromatic nitrogens is 1. The first-order valence-corrected chi connectivity index (χ1v) is 8.59. The molecule has 134 valence electrons. The lowest BCUT2D eigenvalue weighted by atomic mass is 10.0. The maximum Gasteiger partial charge on any atom is 0.220 e. The summed E-state index contributed by atoms with van der Waals surface area (Å²) in [4.78, 5) is 26.1. The van der Waals surface area contributed by atoms with E-state index in [-0.39, 0.29) is 5.91 Å². The molecule has 6 nitrogen and oxygen atoms in total. The molecule has 0 fully saturated rings. The van der Waals surface area contributed by atoms with Crippen molar-refractivity contribution in [3.8, 4) is 11.3 Å². The molecule has 2 amide bonds. The van der Waals surface area contributed by atoms with Crippen LogP contribution in [0.2, 0.25) is 0 Å². The molecule has 0 saturated heterocycles. The van der Waals surface area contributed by atoms with Crippen LogP contribution in [-0.2, 0) is 16.0 Å². The van der Waals surface area contributed by atoms with Crippen molar-refractivity contribution in [2.75, 3.05) is 13.1 Å². The summed E-state index contributed by atoms with van der Waals surface area (Å²) in [5, 5.41) is 5.35. The summed E-state index contributed by atoms with van der Waals surface area (Å²) in [6, 6.07) is 8.24. The monoisotopic (exact) mass is 343 g/mol. The van der Waals surface area contributed by atoms with Crippen LogP contribution in [0.15, 0.2) is 34.9 Å². The van der Waals surface area contributed by atoms with Crippen LogP contribution in [0, 0.1) is 0 Å². The Morgan fingerprint density at radius 2 is 2.00 bits per heavy atom. The van der Waals surface area contributed by atoms with Crippen molar-refractivity contribution in [1.82, 2.24) is 15.6 Å². The van der Waals surface area contributed by atoms with Crippen molar-refractivity contribution in [3.05, 3.63) is 41.9 Å². The fourth-order valence-electron chi connectivity index (χ4n) is 2.38. The van der Waals surface area contributed by atoms with Crippen LogP contribution in [-0.4, -0.2) is 30.4 Å². The second-order valence-corrected chi connectivity index (χ2v) is 6.17. The molecule has 0 atom stereocenters. The summed E-state index contributed by atoms with van der Waals surface area (Å²) in [7, 11) is 0. The van der Waals surface area contributed by atoms with E-state index in [1.165, 1.54) is 5.56 Å². The van der Waals surface area contributed by atoms with E-state index < -0.39 is 0 Å². The normalized spacial score (nSPS) is 10.7. The quantitative estimate of drug-likeness (QED) is 0.513. The van der Waals surface area contributed by atoms with Gasteiger partial charge in [0.2, 0.25) is 12.3 Å². The number of rotatable bonds is 10. The summed E-state index contributed by atoms with van der Waals surface area (Å²) < 4.78 is 5.74. The molecule has 1 aromatic carbocycles. The van der Waals surface area contributed by atoms with Crippen LogP contribution in [0.1, 0.15) is 44.1 Å². The number of nitrogens with one attached hydrogen (secondary N) is 2. The lowest BCUT2D eigenvalue weighted by Crippen LogP contribution is -2.27. The summed E-state index contributed by atoms with van der Waals surface area (Å²) in [5.41, 5.74) is 2.26. The number of oxazole rings is 1. The Bertz CT molecular complexity index is 677. The average molecular weight is 343 g/mol. The Morgan fingerprint density at radius 3 is 2.68 bits per heavy atom. The van der Waals surface area contributed by atoms with Gasteiger partial charge >= 0.3 is 0 Å². The van der Waals surface area contributed by atoms with Gasteiger partial charge in [-0.05, 0) is 17.9 Å². The van der Waals surface area contributed by atoms with Crippen LogP contribution in [0.3, 0.4) is 0 Å². The third kappa shape index (κ3) is 6.06. The Hall–Kier alpha value is -2.63. The van der Waals surface area contributed by atoms with E-state index in [4.69, 9.17) is 4.42 Å². The molecule has 0 aliphatic carbocycles. The van der Waals surface area contributed by atoms with Crippen LogP contribution >= 0.6 is 0 Å². The molecular formula is C19H25N3O3. The molecule has 0 aliphatic rings. The van der Waals surface area contributed by atoms with Gasteiger partial charge in [-0.25, -0.2) is 4.98 Å². The lowest BCUT2D eigenvalue weighted by Gasteiger charge is -2.05. The number of nitrogens with zero attached hydrogens (tertiary/aromatic N) is 1. The van der Waals surface area contributed by atoms with Crippen LogP contribution in [0.4, 0.5) is 0 Å². The number of carbonyl (C=O) groups is 2. The molecule has 2 N–H and O–H groups in total. The smallest absolute Gasteiger partial charge is 0.220 e. The molecular weight excluding hydrogens is 318 g/mol. The minimum atomic E-state index is -0.0489. The minimum absolute atomic E-state index is 0.0489. The summed E-state index contributed by atoms with van der Waals surface area (Å²) in [6.45, 7) is 5.41. The van der Waals surface area contributed by atoms with E-state index in [1.54, 1.807) is 6.20 Å². The van der Waals surface area contributed by atoms with E-state index in [2.05, 4.69) is 41.6 Å². The van der Waals surface area contributed by atoms with Gasteiger partial charge in [0, 0.05) is 31.5 Å². The van der Waals surface area contributed by atoms with Gasteiger partial charge in [-0.3, -0.25) is 9.59 Å². The largest absolute Gasteiger partial charge is 0.441 e. The van der Waals surface area contributed by atoms with Gasteiger partial charge in [0.1, 0.15) is 0 Å². The maximum atomic E-state index is 11.8. The van der Waals surface area contributed by atoms with Crippen LogP contribution in [0.5, 0.6) is 0 Å². The zero-order chi connectivity index (χ0) is 18.1. The Balaban J connectivity index is 1.79. The minimum Gasteiger partial charge on any atom is -0.441 e. The predicted molar refractivity (Wildman–Crippen MR) is 96.0 cm³/mol. The van der Waals surface area contributed by atoms with E-state index >= 15 is 0 Å². The van der Waals surface area contributed by atoms with Crippen molar-refractivity contribution in [3.63, 3.8) is 0 Å². The maximum absolute atomic E-state index is 11.8. The molecule has 0 bridgehead atoms. The third-order valence-corrected chi connectivity index (χ3v) is 3.88. The number of hydrogen-bond acceptors (Lipinski definition) is 4. The Labute approximate surface area is 148 Å². The predicted octanol–water partition coefficient (Wildman–Crippen LogP) is 2.65. The van der Waals surface area contributed by atoms with E-state index in [0.29, 0.717) is 56.3 Å². The van der Waals surface area contributed by atoms with Crippen molar-refractivity contribution in [2.45, 2.75) is 39.0 Å². The zero-order valence-corrected chi connectivity index (χ0v) is 14.7. The molecule has 2 rings (SSSR count). The van der Waals surface area contributed by atoms with Gasteiger partial charge in [-0.15, -0.1) is 0 Å². The van der Waals surface area contributed by atoms with Gasteiger partial charge < -0.3 is 15.1 Å². The van der Waals surface area contributed by atoms with Crippen molar-refractivity contribution in [2.24, 2.45) is 0 Å². The lowest BCUT2D eigenvalue weighted by molar-refractivity contribution is -0.121. The van der Waals surface area contributed by atoms with Crippen molar-refractivity contribution >= 4 is 12.3 Å². The van der Waals surface area contributed by atoms with Crippen LogP contribution in [0.25, 0.3) is 11.3 Å². The van der Waals surface area contributed by atoms with Gasteiger partial charge in [-0.1, -0.05) is 38.1 Å². The summed E-state index contributed by atoms with van der Waals surface area (Å²) in [6.07, 6.45) is 3.84. The highest BCUT2D eigenvalue weighted by atomic mass is 16.4. The highest BCUT2D eigenvalue weighted by molar-refractivity contribution is 5.76. The van der Waals surface area contributed by atoms with Gasteiger partial charge in [-0.2, -0.15) is 0 Å². The third-order valence-electron chi connectivity index (χ3n) is 3.88. The highest BCUT2D eigenvalue weighted by Crippen LogP contribution is 2.23. The number of benzene rings is 1. The molecule has 0 saturated carbocycles. The molecule has 0 aliphatic heterocycles. The van der Waals surface area contributed by atoms with Crippen LogP contribution < -0.4 is 10.6 Å². The van der Waals surface area contributed by atoms with Gasteiger partial charge in [0.05, 0.1) is 6.20 Å². The molecule has 0 unspecified atom stereocenters. The number of hydrogen-bond donors (Lipinski definition) is 2. The Kier molecular flexibility index (Phi) is 7.19. The first-order valence-electron chi connectivity index (χ1n) is 8.59. The second kappa shape index (κ2) is 9.61. The summed E-state index contributed by atoms with van der Waals surface area (Å²) >= 11 is 0. The first kappa shape index (κ1) is 18.7. The SMILES string of the molecule is CC(C)c1ccc(-c2cnc(CCC(=O)NCCCNC=O)o2)cc1. The van der Waals surface area contributed by atoms with Gasteiger partial charge in [0.25, 0.3) is 0 Å². The molecule has 1 heterocycles. The number of aryl methyl sites for hydroxylation is 1. The first-order chi connectivity index (χ1) is 12.1. The zero-order valence-electron chi connectivity index (χ0n) is 14.7. The fraction of sp³-hybridized carbons (Fsp3) is 0.421. The molecule has 0 radical (unpaired) electrons. The van der Waals surface area contributed by atoms with E-state index in [1.807, 2.05) is 12.1 Å². The molecule has 1 aromatic heterocycles. The molecule has 0 spiro atoms. The van der Waals surface area contributed by atoms with Gasteiger partial charge in [0.15, 0.2) is 11.7 Å². The topological polar surface area (TPSA) is 84.2 Å². The molecule has 2 aromatic rings. The average Bonchev–Trinajstić information content (AvgIpc) is 3.09. The van der Waals surface area contributed by atoms with Crippen molar-refractivity contribution in [1.29, 1.82) is 0 Å². The molecule has 6 heteroatoms.